The molecule has 1 rings (SSSR count). The summed E-state index contributed by atoms with van der Waals surface area (Å²) in [5.41, 5.74) is 0.810. The van der Waals surface area contributed by atoms with Gasteiger partial charge in [0.2, 0.25) is 0 Å². The lowest BCUT2D eigenvalue weighted by molar-refractivity contribution is 0.0758. The number of amides is 1. The minimum atomic E-state index is 0.140. The van der Waals surface area contributed by atoms with Crippen molar-refractivity contribution in [3.8, 4) is 0 Å². The first-order valence-electron chi connectivity index (χ1n) is 6.24. The van der Waals surface area contributed by atoms with Crippen molar-refractivity contribution in [2.24, 2.45) is 0 Å². The topological polar surface area (TPSA) is 23.6 Å². The molecule has 0 atom stereocenters. The number of hydrogen-bond donors (Lipinski definition) is 0. The van der Waals surface area contributed by atoms with Crippen LogP contribution in [0.25, 0.3) is 0 Å². The average Bonchev–Trinajstić information content (AvgIpc) is 2.34. The molecule has 18 heavy (non-hydrogen) atoms. The molecule has 0 aliphatic rings. The molecule has 3 nitrogen and oxygen atoms in total. The van der Waals surface area contributed by atoms with Gasteiger partial charge >= 0.3 is 0 Å². The fourth-order valence-corrected chi connectivity index (χ4v) is 2.40. The maximum Gasteiger partial charge on any atom is 0.254 e. The lowest BCUT2D eigenvalue weighted by Gasteiger charge is -2.22. The quantitative estimate of drug-likeness (QED) is 0.729. The maximum atomic E-state index is 12.4. The van der Waals surface area contributed by atoms with Crippen molar-refractivity contribution in [3.63, 3.8) is 0 Å². The van der Waals surface area contributed by atoms with Gasteiger partial charge in [0.1, 0.15) is 0 Å². The molecule has 100 valence electrons. The Hall–Kier alpha value is -0.620. The summed E-state index contributed by atoms with van der Waals surface area (Å²) in [7, 11) is 4.11. The molecule has 0 saturated carbocycles. The summed E-state index contributed by atoms with van der Waals surface area (Å²) in [4.78, 5) is 16.4. The minimum Gasteiger partial charge on any atom is -0.339 e. The van der Waals surface area contributed by atoms with Crippen molar-refractivity contribution in [1.82, 2.24) is 9.80 Å². The highest BCUT2D eigenvalue weighted by Crippen LogP contribution is 2.14. The summed E-state index contributed by atoms with van der Waals surface area (Å²) in [6.07, 6.45) is 1.01. The van der Waals surface area contributed by atoms with E-state index in [9.17, 15) is 4.79 Å². The molecule has 0 aromatic heterocycles. The van der Waals surface area contributed by atoms with Crippen LogP contribution in [0.4, 0.5) is 0 Å². The molecule has 0 radical (unpaired) electrons. The molecular formula is C14H21IN2O. The molecule has 0 heterocycles. The van der Waals surface area contributed by atoms with E-state index in [1.807, 2.05) is 36.1 Å². The van der Waals surface area contributed by atoms with Gasteiger partial charge in [0.15, 0.2) is 0 Å². The van der Waals surface area contributed by atoms with Gasteiger partial charge in [-0.2, -0.15) is 0 Å². The SMILES string of the molecule is CCN(CCCN(C)C)C(=O)c1ccccc1I. The van der Waals surface area contributed by atoms with Crippen LogP contribution in [0, 0.1) is 3.57 Å². The summed E-state index contributed by atoms with van der Waals surface area (Å²) in [6.45, 7) is 4.62. The lowest BCUT2D eigenvalue weighted by Crippen LogP contribution is -2.33. The van der Waals surface area contributed by atoms with E-state index < -0.39 is 0 Å². The maximum absolute atomic E-state index is 12.4. The number of halogens is 1. The molecular weight excluding hydrogens is 339 g/mol. The first-order valence-corrected chi connectivity index (χ1v) is 7.32. The number of nitrogens with zero attached hydrogens (tertiary/aromatic N) is 2. The molecule has 1 aromatic rings. The first-order chi connectivity index (χ1) is 8.56. The van der Waals surface area contributed by atoms with E-state index in [4.69, 9.17) is 0 Å². The average molecular weight is 360 g/mol. The van der Waals surface area contributed by atoms with Crippen molar-refractivity contribution in [2.45, 2.75) is 13.3 Å². The normalized spacial score (nSPS) is 10.7. The predicted molar refractivity (Wildman–Crippen MR) is 83.9 cm³/mol. The van der Waals surface area contributed by atoms with Crippen LogP contribution in [0.2, 0.25) is 0 Å². The Kier molecular flexibility index (Phi) is 6.63. The number of carbonyl (C=O) groups is 1. The van der Waals surface area contributed by atoms with Crippen LogP contribution >= 0.6 is 22.6 Å². The van der Waals surface area contributed by atoms with Crippen molar-refractivity contribution < 1.29 is 4.79 Å². The Labute approximate surface area is 123 Å². The van der Waals surface area contributed by atoms with Gasteiger partial charge in [-0.15, -0.1) is 0 Å². The second-order valence-electron chi connectivity index (χ2n) is 4.52. The second kappa shape index (κ2) is 7.74. The van der Waals surface area contributed by atoms with Crippen molar-refractivity contribution in [3.05, 3.63) is 33.4 Å². The standard InChI is InChI=1S/C14H21IN2O/c1-4-17(11-7-10-16(2)3)14(18)12-8-5-6-9-13(12)15/h5-6,8-9H,4,7,10-11H2,1-3H3. The van der Waals surface area contributed by atoms with Crippen LogP contribution in [-0.2, 0) is 0 Å². The third-order valence-corrected chi connectivity index (χ3v) is 3.75. The lowest BCUT2D eigenvalue weighted by atomic mass is 10.2. The van der Waals surface area contributed by atoms with Crippen LogP contribution < -0.4 is 0 Å². The zero-order valence-electron chi connectivity index (χ0n) is 11.3. The van der Waals surface area contributed by atoms with Gasteiger partial charge in [-0.05, 0) is 68.7 Å². The minimum absolute atomic E-state index is 0.140. The van der Waals surface area contributed by atoms with Crippen LogP contribution in [0.15, 0.2) is 24.3 Å². The number of rotatable bonds is 6. The Bertz CT molecular complexity index is 393. The highest BCUT2D eigenvalue weighted by molar-refractivity contribution is 14.1. The van der Waals surface area contributed by atoms with E-state index in [0.29, 0.717) is 0 Å². The molecule has 0 aliphatic carbocycles. The van der Waals surface area contributed by atoms with Gasteiger partial charge < -0.3 is 9.80 Å². The fraction of sp³-hybridized carbons (Fsp3) is 0.500. The molecule has 0 fully saturated rings. The molecule has 0 unspecified atom stereocenters. The number of carbonyl (C=O) groups excluding carboxylic acids is 1. The van der Waals surface area contributed by atoms with Crippen molar-refractivity contribution in [1.29, 1.82) is 0 Å². The molecule has 1 amide bonds. The van der Waals surface area contributed by atoms with Gasteiger partial charge in [-0.1, -0.05) is 12.1 Å². The summed E-state index contributed by atoms with van der Waals surface area (Å²) in [5.74, 6) is 0.140. The zero-order valence-corrected chi connectivity index (χ0v) is 13.5. The van der Waals surface area contributed by atoms with Crippen LogP contribution in [0.5, 0.6) is 0 Å². The zero-order chi connectivity index (χ0) is 13.5. The summed E-state index contributed by atoms with van der Waals surface area (Å²) in [6, 6.07) is 7.75. The second-order valence-corrected chi connectivity index (χ2v) is 5.68. The van der Waals surface area contributed by atoms with Gasteiger partial charge in [0.25, 0.3) is 5.91 Å². The molecule has 0 N–H and O–H groups in total. The highest BCUT2D eigenvalue weighted by Gasteiger charge is 2.15. The molecule has 0 aliphatic heterocycles. The third kappa shape index (κ3) is 4.57. The van der Waals surface area contributed by atoms with E-state index in [1.165, 1.54) is 0 Å². The van der Waals surface area contributed by atoms with Crippen molar-refractivity contribution >= 4 is 28.5 Å². The Morgan fingerprint density at radius 3 is 2.44 bits per heavy atom. The number of hydrogen-bond acceptors (Lipinski definition) is 2. The van der Waals surface area contributed by atoms with Crippen LogP contribution in [0.3, 0.4) is 0 Å². The Morgan fingerprint density at radius 1 is 1.22 bits per heavy atom. The molecule has 0 saturated heterocycles. The van der Waals surface area contributed by atoms with E-state index in [0.717, 1.165) is 35.2 Å². The van der Waals surface area contributed by atoms with Crippen molar-refractivity contribution in [2.75, 3.05) is 33.7 Å². The van der Waals surface area contributed by atoms with Crippen LogP contribution in [-0.4, -0.2) is 49.4 Å². The molecule has 1 aromatic carbocycles. The van der Waals surface area contributed by atoms with E-state index in [1.54, 1.807) is 0 Å². The first kappa shape index (κ1) is 15.4. The third-order valence-electron chi connectivity index (χ3n) is 2.81. The summed E-state index contributed by atoms with van der Waals surface area (Å²) < 4.78 is 1.02. The van der Waals surface area contributed by atoms with Gasteiger partial charge in [0.05, 0.1) is 5.56 Å². The van der Waals surface area contributed by atoms with Crippen LogP contribution in [0.1, 0.15) is 23.7 Å². The Balaban J connectivity index is 2.65. The van der Waals surface area contributed by atoms with E-state index in [2.05, 4.69) is 41.6 Å². The predicted octanol–water partition coefficient (Wildman–Crippen LogP) is 2.71. The Morgan fingerprint density at radius 2 is 1.89 bits per heavy atom. The molecule has 0 bridgehead atoms. The highest BCUT2D eigenvalue weighted by atomic mass is 127. The molecule has 4 heteroatoms. The number of benzene rings is 1. The van der Waals surface area contributed by atoms with Gasteiger partial charge in [-0.25, -0.2) is 0 Å². The van der Waals surface area contributed by atoms with Gasteiger partial charge in [0, 0.05) is 16.7 Å². The monoisotopic (exact) mass is 360 g/mol. The molecule has 0 spiro atoms. The van der Waals surface area contributed by atoms with Gasteiger partial charge in [-0.3, -0.25) is 4.79 Å². The summed E-state index contributed by atoms with van der Waals surface area (Å²) in [5, 5.41) is 0. The summed E-state index contributed by atoms with van der Waals surface area (Å²) >= 11 is 2.22. The largest absolute Gasteiger partial charge is 0.339 e. The van der Waals surface area contributed by atoms with E-state index in [-0.39, 0.29) is 5.91 Å². The fourth-order valence-electron chi connectivity index (χ4n) is 1.79. The smallest absolute Gasteiger partial charge is 0.254 e. The van der Waals surface area contributed by atoms with E-state index >= 15 is 0 Å².